The van der Waals surface area contributed by atoms with Crippen LogP contribution in [-0.2, 0) is 4.79 Å². The summed E-state index contributed by atoms with van der Waals surface area (Å²) in [5, 5.41) is 4.89. The number of hydrogen-bond donors (Lipinski definition) is 1. The van der Waals surface area contributed by atoms with Crippen molar-refractivity contribution in [3.8, 4) is 0 Å². The van der Waals surface area contributed by atoms with Crippen LogP contribution in [0.15, 0.2) is 28.9 Å². The summed E-state index contributed by atoms with van der Waals surface area (Å²) in [5.74, 6) is -3.29. The molecule has 3 nitrogen and oxygen atoms in total. The van der Waals surface area contributed by atoms with Gasteiger partial charge in [0.15, 0.2) is 0 Å². The molecule has 2 atom stereocenters. The smallest absolute Gasteiger partial charge is 0.255 e. The van der Waals surface area contributed by atoms with E-state index in [1.807, 2.05) is 6.07 Å². The Morgan fingerprint density at radius 2 is 2.09 bits per heavy atom. The van der Waals surface area contributed by atoms with E-state index in [1.54, 1.807) is 18.3 Å². The largest absolute Gasteiger partial charge is 0.310 e. The lowest BCUT2D eigenvalue weighted by atomic mass is 10.2. The maximum atomic E-state index is 13.2. The number of benzene rings is 1. The number of amides is 1. The molecule has 1 amide bonds. The number of hydrogen-bond acceptors (Lipinski definition) is 2. The van der Waals surface area contributed by atoms with Crippen LogP contribution in [0.1, 0.15) is 12.8 Å². The van der Waals surface area contributed by atoms with E-state index in [9.17, 15) is 13.6 Å². The molecule has 1 heterocycles. The van der Waals surface area contributed by atoms with Gasteiger partial charge in [0, 0.05) is 22.5 Å². The Kier molecular flexibility index (Phi) is 2.86. The molecule has 1 aromatic carbocycles. The standard InChI is InChI=1S/C15H10BrClF2N2O/c16-10-1-7-3-12(20-5-8(7)2-11(10)17)21-13(22)9-4-14(9)6-15(14,18)19/h1-3,5,9H,4,6H2,(H,20,21,22). The average molecular weight is 388 g/mol. The molecule has 0 aliphatic heterocycles. The Hall–Kier alpha value is -1.27. The molecule has 1 spiro atoms. The number of rotatable bonds is 2. The number of nitrogens with one attached hydrogen (secondary N) is 1. The van der Waals surface area contributed by atoms with Crippen LogP contribution in [0.2, 0.25) is 5.02 Å². The third-order valence-corrected chi connectivity index (χ3v) is 5.74. The molecule has 2 fully saturated rings. The quantitative estimate of drug-likeness (QED) is 0.816. The summed E-state index contributed by atoms with van der Waals surface area (Å²) in [6.07, 6.45) is 1.69. The van der Waals surface area contributed by atoms with E-state index in [4.69, 9.17) is 11.6 Å². The second kappa shape index (κ2) is 4.38. The van der Waals surface area contributed by atoms with Crippen molar-refractivity contribution in [2.24, 2.45) is 11.3 Å². The molecule has 0 bridgehead atoms. The number of carbonyl (C=O) groups excluding carboxylic acids is 1. The first-order valence-corrected chi connectivity index (χ1v) is 7.93. The number of pyridine rings is 1. The van der Waals surface area contributed by atoms with Crippen LogP contribution in [-0.4, -0.2) is 16.8 Å². The summed E-state index contributed by atoms with van der Waals surface area (Å²) in [6.45, 7) is 0. The molecule has 1 aromatic heterocycles. The molecule has 4 rings (SSSR count). The second-order valence-electron chi connectivity index (χ2n) is 5.97. The Bertz CT molecular complexity index is 829. The van der Waals surface area contributed by atoms with Gasteiger partial charge in [-0.25, -0.2) is 13.8 Å². The van der Waals surface area contributed by atoms with E-state index in [2.05, 4.69) is 26.2 Å². The topological polar surface area (TPSA) is 42.0 Å². The monoisotopic (exact) mass is 386 g/mol. The first-order valence-electron chi connectivity index (χ1n) is 6.76. The fraction of sp³-hybridized carbons (Fsp3) is 0.333. The van der Waals surface area contributed by atoms with Gasteiger partial charge >= 0.3 is 0 Å². The first kappa shape index (κ1) is 14.3. The average Bonchev–Trinajstić information content (AvgIpc) is 3.28. The fourth-order valence-electron chi connectivity index (χ4n) is 3.02. The highest BCUT2D eigenvalue weighted by atomic mass is 79.9. The van der Waals surface area contributed by atoms with Gasteiger partial charge in [-0.2, -0.15) is 0 Å². The van der Waals surface area contributed by atoms with Crippen molar-refractivity contribution in [1.29, 1.82) is 0 Å². The minimum Gasteiger partial charge on any atom is -0.310 e. The van der Waals surface area contributed by atoms with Crippen molar-refractivity contribution in [2.75, 3.05) is 5.32 Å². The zero-order chi connectivity index (χ0) is 15.7. The van der Waals surface area contributed by atoms with Crippen molar-refractivity contribution in [2.45, 2.75) is 18.8 Å². The SMILES string of the molecule is O=C(Nc1cc2cc(Br)c(Cl)cc2cn1)C1CC12CC2(F)F. The van der Waals surface area contributed by atoms with Crippen LogP contribution in [0.3, 0.4) is 0 Å². The highest BCUT2D eigenvalue weighted by molar-refractivity contribution is 9.10. The van der Waals surface area contributed by atoms with Crippen LogP contribution in [0.4, 0.5) is 14.6 Å². The van der Waals surface area contributed by atoms with Gasteiger partial charge in [0.05, 0.1) is 16.4 Å². The number of anilines is 1. The van der Waals surface area contributed by atoms with Crippen LogP contribution < -0.4 is 5.32 Å². The summed E-state index contributed by atoms with van der Waals surface area (Å²) in [7, 11) is 0. The van der Waals surface area contributed by atoms with Gasteiger partial charge < -0.3 is 5.32 Å². The highest BCUT2D eigenvalue weighted by Crippen LogP contribution is 2.79. The fourth-order valence-corrected chi connectivity index (χ4v) is 3.55. The van der Waals surface area contributed by atoms with Crippen LogP contribution in [0, 0.1) is 11.3 Å². The molecule has 0 radical (unpaired) electrons. The summed E-state index contributed by atoms with van der Waals surface area (Å²) in [6, 6.07) is 5.29. The lowest BCUT2D eigenvalue weighted by Crippen LogP contribution is -2.17. The predicted octanol–water partition coefficient (Wildman–Crippen LogP) is 4.63. The van der Waals surface area contributed by atoms with E-state index in [0.29, 0.717) is 10.8 Å². The van der Waals surface area contributed by atoms with E-state index in [-0.39, 0.29) is 18.7 Å². The van der Waals surface area contributed by atoms with Crippen LogP contribution in [0.25, 0.3) is 10.8 Å². The van der Waals surface area contributed by atoms with Crippen molar-refractivity contribution in [3.63, 3.8) is 0 Å². The van der Waals surface area contributed by atoms with E-state index in [1.165, 1.54) is 0 Å². The molecule has 2 aromatic rings. The van der Waals surface area contributed by atoms with Crippen molar-refractivity contribution < 1.29 is 13.6 Å². The highest BCUT2D eigenvalue weighted by Gasteiger charge is 2.85. The Morgan fingerprint density at radius 3 is 2.73 bits per heavy atom. The zero-order valence-electron chi connectivity index (χ0n) is 11.2. The Balaban J connectivity index is 1.55. The normalized spacial score (nSPS) is 27.9. The second-order valence-corrected chi connectivity index (χ2v) is 7.23. The molecular weight excluding hydrogens is 378 g/mol. The number of carbonyl (C=O) groups is 1. The molecular formula is C15H10BrClF2N2O. The number of fused-ring (bicyclic) bond motifs is 1. The van der Waals surface area contributed by atoms with E-state index >= 15 is 0 Å². The maximum absolute atomic E-state index is 13.2. The third-order valence-electron chi connectivity index (χ3n) is 4.54. The predicted molar refractivity (Wildman–Crippen MR) is 83.2 cm³/mol. The number of aromatic nitrogens is 1. The van der Waals surface area contributed by atoms with Gasteiger partial charge in [-0.15, -0.1) is 0 Å². The first-order chi connectivity index (χ1) is 10.3. The molecule has 7 heteroatoms. The van der Waals surface area contributed by atoms with E-state index in [0.717, 1.165) is 15.2 Å². The molecule has 1 N–H and O–H groups in total. The molecule has 0 saturated heterocycles. The lowest BCUT2D eigenvalue weighted by Gasteiger charge is -2.06. The van der Waals surface area contributed by atoms with Crippen LogP contribution >= 0.6 is 27.5 Å². The molecule has 114 valence electrons. The summed E-state index contributed by atoms with van der Waals surface area (Å²) >= 11 is 9.35. The van der Waals surface area contributed by atoms with Crippen LogP contribution in [0.5, 0.6) is 0 Å². The molecule has 2 aliphatic carbocycles. The maximum Gasteiger partial charge on any atom is 0.255 e. The molecule has 22 heavy (non-hydrogen) atoms. The van der Waals surface area contributed by atoms with Gasteiger partial charge in [0.1, 0.15) is 5.82 Å². The summed E-state index contributed by atoms with van der Waals surface area (Å²) < 4.78 is 27.1. The summed E-state index contributed by atoms with van der Waals surface area (Å²) in [4.78, 5) is 16.2. The number of halogens is 4. The van der Waals surface area contributed by atoms with Crippen molar-refractivity contribution in [3.05, 3.63) is 33.9 Å². The number of nitrogens with zero attached hydrogens (tertiary/aromatic N) is 1. The van der Waals surface area contributed by atoms with Crippen molar-refractivity contribution >= 4 is 50.0 Å². The zero-order valence-corrected chi connectivity index (χ0v) is 13.5. The minimum atomic E-state index is -2.67. The number of alkyl halides is 2. The van der Waals surface area contributed by atoms with Gasteiger partial charge in [-0.3, -0.25) is 4.79 Å². The molecule has 2 unspecified atom stereocenters. The lowest BCUT2D eigenvalue weighted by molar-refractivity contribution is -0.118. The third kappa shape index (κ3) is 2.04. The van der Waals surface area contributed by atoms with Gasteiger partial charge in [-0.05, 0) is 45.9 Å². The van der Waals surface area contributed by atoms with Gasteiger partial charge in [0.2, 0.25) is 5.91 Å². The minimum absolute atomic E-state index is 0.172. The molecule has 2 saturated carbocycles. The molecule has 2 aliphatic rings. The van der Waals surface area contributed by atoms with Crippen molar-refractivity contribution in [1.82, 2.24) is 4.98 Å². The van der Waals surface area contributed by atoms with Gasteiger partial charge in [-0.1, -0.05) is 11.6 Å². The summed E-state index contributed by atoms with van der Waals surface area (Å²) in [5.41, 5.74) is -1.06. The van der Waals surface area contributed by atoms with E-state index < -0.39 is 17.3 Å². The van der Waals surface area contributed by atoms with Gasteiger partial charge in [0.25, 0.3) is 5.92 Å². The Morgan fingerprint density at radius 1 is 1.36 bits per heavy atom. The Labute approximate surface area is 138 Å².